The lowest BCUT2D eigenvalue weighted by molar-refractivity contribution is -0.142. The highest BCUT2D eigenvalue weighted by atomic mass is 32.2. The number of nitrogens with one attached hydrogen (secondary N) is 3. The Morgan fingerprint density at radius 1 is 1.07 bits per heavy atom. The van der Waals surface area contributed by atoms with Crippen molar-refractivity contribution in [1.82, 2.24) is 25.2 Å². The molecule has 57 heavy (non-hydrogen) atoms. The quantitative estimate of drug-likeness (QED) is 0.296. The Morgan fingerprint density at radius 2 is 1.84 bits per heavy atom. The number of amides is 4. The number of allylic oxidation sites excluding steroid dienone is 1. The molecule has 7 rings (SSSR count). The lowest BCUT2D eigenvalue weighted by Crippen LogP contribution is -2.59. The second-order valence-electron chi connectivity index (χ2n) is 16.3. The van der Waals surface area contributed by atoms with Crippen LogP contribution >= 0.6 is 0 Å². The van der Waals surface area contributed by atoms with Crippen LogP contribution in [0.3, 0.4) is 0 Å². The summed E-state index contributed by atoms with van der Waals surface area (Å²) in [4.78, 5) is 62.6. The number of methoxy groups -OCH3 is 2. The fourth-order valence-electron chi connectivity index (χ4n) is 8.34. The number of ether oxygens (including phenoxy) is 5. The average Bonchev–Trinajstić information content (AvgIpc) is 4.07. The Bertz CT molecular complexity index is 2030. The van der Waals surface area contributed by atoms with Crippen LogP contribution in [0.4, 0.5) is 4.79 Å². The fraction of sp³-hybridized carbons (Fsp3) is 0.625. The van der Waals surface area contributed by atoms with Gasteiger partial charge in [-0.1, -0.05) is 32.9 Å². The van der Waals surface area contributed by atoms with E-state index in [0.717, 1.165) is 11.8 Å². The van der Waals surface area contributed by atoms with Crippen molar-refractivity contribution in [3.05, 3.63) is 36.4 Å². The molecule has 3 N–H and O–H groups in total. The van der Waals surface area contributed by atoms with Crippen LogP contribution in [0.25, 0.3) is 10.8 Å². The van der Waals surface area contributed by atoms with Crippen LogP contribution < -0.4 is 29.6 Å². The molecule has 2 aromatic rings. The summed E-state index contributed by atoms with van der Waals surface area (Å²) in [6.45, 7) is 6.20. The minimum atomic E-state index is -4.02. The zero-order chi connectivity index (χ0) is 40.7. The molecule has 4 heterocycles. The predicted molar refractivity (Wildman–Crippen MR) is 207 cm³/mol. The minimum Gasteiger partial charge on any atom is -0.497 e. The summed E-state index contributed by atoms with van der Waals surface area (Å²) in [5, 5.41) is 7.09. The predicted octanol–water partition coefficient (Wildman–Crippen LogP) is 3.37. The zero-order valence-electron chi connectivity index (χ0n) is 33.1. The van der Waals surface area contributed by atoms with Crippen molar-refractivity contribution in [3.63, 3.8) is 0 Å². The van der Waals surface area contributed by atoms with E-state index in [1.165, 1.54) is 12.0 Å². The number of sulfonamides is 1. The number of hydrogen-bond donors (Lipinski definition) is 3. The number of alkyl carbamates (subject to hydrolysis) is 1. The van der Waals surface area contributed by atoms with Gasteiger partial charge in [0.05, 0.1) is 38.7 Å². The number of carbonyl (C=O) groups is 4. The summed E-state index contributed by atoms with van der Waals surface area (Å²) < 4.78 is 56.2. The van der Waals surface area contributed by atoms with Gasteiger partial charge in [-0.15, -0.1) is 0 Å². The molecule has 1 aromatic heterocycles. The highest BCUT2D eigenvalue weighted by molar-refractivity contribution is 7.91. The SMILES string of the molecule is CCC1(S(=O)(=O)NC(=O)[C@@]23C[C@H]2/C=C\CC[C@@H](C)C[C@@H](C)[C@H](NC(=O)OC2COC2)C(=O)N2C[C@H](Oc4nc(OC)cc5cc(OC)ccc45)C[C@H]2C(=O)N3)CC1. The summed E-state index contributed by atoms with van der Waals surface area (Å²) in [6.07, 6.45) is 5.33. The fourth-order valence-corrected chi connectivity index (χ4v) is 10.0. The Morgan fingerprint density at radius 3 is 2.51 bits per heavy atom. The maximum atomic E-state index is 14.8. The van der Waals surface area contributed by atoms with Gasteiger partial charge in [0.25, 0.3) is 5.91 Å². The number of carbonyl (C=O) groups excluding carboxylic acids is 4. The van der Waals surface area contributed by atoms with E-state index in [0.29, 0.717) is 43.2 Å². The van der Waals surface area contributed by atoms with E-state index >= 15 is 0 Å². The van der Waals surface area contributed by atoms with Gasteiger partial charge < -0.3 is 39.2 Å². The van der Waals surface area contributed by atoms with Gasteiger partial charge in [0.15, 0.2) is 6.10 Å². The summed E-state index contributed by atoms with van der Waals surface area (Å²) >= 11 is 0. The first-order chi connectivity index (χ1) is 27.2. The van der Waals surface area contributed by atoms with E-state index in [2.05, 4.69) is 27.3 Å². The number of benzene rings is 1. The van der Waals surface area contributed by atoms with Crippen molar-refractivity contribution >= 4 is 44.6 Å². The maximum Gasteiger partial charge on any atom is 0.408 e. The monoisotopic (exact) mass is 811 g/mol. The first kappa shape index (κ1) is 40.6. The molecule has 16 nitrogen and oxygen atoms in total. The van der Waals surface area contributed by atoms with Crippen LogP contribution in [-0.2, 0) is 33.9 Å². The Kier molecular flexibility index (Phi) is 11.3. The molecule has 17 heteroatoms. The Hall–Kier alpha value is -4.64. The number of hydrogen-bond acceptors (Lipinski definition) is 12. The average molecular weight is 812 g/mol. The molecular weight excluding hydrogens is 759 g/mol. The molecule has 4 amide bonds. The smallest absolute Gasteiger partial charge is 0.408 e. The molecule has 7 atom stereocenters. The topological polar surface area (TPSA) is 201 Å². The van der Waals surface area contributed by atoms with E-state index in [1.54, 1.807) is 32.2 Å². The van der Waals surface area contributed by atoms with Gasteiger partial charge in [0.1, 0.15) is 29.5 Å². The van der Waals surface area contributed by atoms with Gasteiger partial charge in [-0.2, -0.15) is 4.98 Å². The molecule has 0 unspecified atom stereocenters. The number of rotatable bonds is 10. The molecule has 2 aliphatic carbocycles. The molecule has 0 radical (unpaired) electrons. The first-order valence-corrected chi connectivity index (χ1v) is 21.3. The highest BCUT2D eigenvalue weighted by Crippen LogP contribution is 2.49. The van der Waals surface area contributed by atoms with Crippen LogP contribution in [0.15, 0.2) is 36.4 Å². The third-order valence-corrected chi connectivity index (χ3v) is 14.6. The van der Waals surface area contributed by atoms with Gasteiger partial charge in [-0.25, -0.2) is 13.2 Å². The van der Waals surface area contributed by atoms with Crippen LogP contribution in [0.1, 0.15) is 72.1 Å². The van der Waals surface area contributed by atoms with Crippen LogP contribution in [-0.4, -0.2) is 111 Å². The van der Waals surface area contributed by atoms with E-state index in [1.807, 2.05) is 25.1 Å². The Balaban J connectivity index is 1.22. The summed E-state index contributed by atoms with van der Waals surface area (Å²) in [6, 6.07) is 4.88. The van der Waals surface area contributed by atoms with E-state index in [4.69, 9.17) is 23.7 Å². The number of pyridine rings is 1. The van der Waals surface area contributed by atoms with E-state index in [9.17, 15) is 27.6 Å². The second kappa shape index (κ2) is 16.0. The number of aromatic nitrogens is 1. The lowest BCUT2D eigenvalue weighted by Gasteiger charge is -2.33. The largest absolute Gasteiger partial charge is 0.497 e. The summed E-state index contributed by atoms with van der Waals surface area (Å²) in [7, 11) is -0.981. The molecule has 2 saturated heterocycles. The van der Waals surface area contributed by atoms with Gasteiger partial charge in [-0.3, -0.25) is 19.1 Å². The number of nitrogens with zero attached hydrogens (tertiary/aromatic N) is 2. The highest BCUT2D eigenvalue weighted by Gasteiger charge is 2.63. The van der Waals surface area contributed by atoms with Crippen molar-refractivity contribution in [1.29, 1.82) is 0 Å². The minimum absolute atomic E-state index is 0.00488. The Labute approximate surface area is 332 Å². The normalized spacial score (nSPS) is 30.6. The molecule has 0 bridgehead atoms. The molecule has 2 saturated carbocycles. The molecule has 310 valence electrons. The summed E-state index contributed by atoms with van der Waals surface area (Å²) in [5.41, 5.74) is -1.55. The van der Waals surface area contributed by atoms with Crippen molar-refractivity contribution in [2.24, 2.45) is 17.8 Å². The standard InChI is InChI=1S/C40H53N5O11S/c1-6-39(13-14-39)57(50,51)44-37(48)40-19-26(40)10-8-7-9-23(2)15-24(3)33(42-38(49)56-29-21-54-22-29)36(47)45-20-28(18-31(45)34(46)43-40)55-35-30-12-11-27(52-4)16-25(30)17-32(41-35)53-5/h8,10-12,16-17,23-24,26,28-29,31,33H,6-7,9,13-15,18-22H2,1-5H3,(H,42,49)(H,43,46)(H,44,48)/b10-8-/t23-,24-,26-,28-,31+,33+,40-/m1/s1. The van der Waals surface area contributed by atoms with Crippen molar-refractivity contribution in [2.45, 2.75) is 107 Å². The second-order valence-corrected chi connectivity index (χ2v) is 18.4. The molecular formula is C40H53N5O11S. The molecule has 5 aliphatic rings. The maximum absolute atomic E-state index is 14.8. The third kappa shape index (κ3) is 8.22. The first-order valence-electron chi connectivity index (χ1n) is 19.8. The van der Waals surface area contributed by atoms with Crippen LogP contribution in [0.2, 0.25) is 0 Å². The van der Waals surface area contributed by atoms with Gasteiger partial charge in [-0.05, 0) is 80.4 Å². The molecule has 0 spiro atoms. The lowest BCUT2D eigenvalue weighted by atomic mass is 9.88. The summed E-state index contributed by atoms with van der Waals surface area (Å²) in [5.74, 6) is -1.54. The van der Waals surface area contributed by atoms with Crippen LogP contribution in [0, 0.1) is 17.8 Å². The van der Waals surface area contributed by atoms with E-state index in [-0.39, 0.29) is 56.2 Å². The third-order valence-electron chi connectivity index (χ3n) is 12.3. The van der Waals surface area contributed by atoms with Gasteiger partial charge in [0, 0.05) is 23.8 Å². The molecule has 1 aromatic carbocycles. The van der Waals surface area contributed by atoms with E-state index < -0.39 is 74.3 Å². The number of fused-ring (bicyclic) bond motifs is 3. The van der Waals surface area contributed by atoms with Gasteiger partial charge >= 0.3 is 6.09 Å². The van der Waals surface area contributed by atoms with Crippen molar-refractivity contribution < 1.29 is 51.3 Å². The zero-order valence-corrected chi connectivity index (χ0v) is 33.9. The molecule has 4 fully saturated rings. The van der Waals surface area contributed by atoms with Crippen molar-refractivity contribution in [3.8, 4) is 17.5 Å². The van der Waals surface area contributed by atoms with Gasteiger partial charge in [0.2, 0.25) is 33.6 Å². The van der Waals surface area contributed by atoms with Crippen LogP contribution in [0.5, 0.6) is 17.5 Å². The molecule has 3 aliphatic heterocycles. The van der Waals surface area contributed by atoms with Crippen molar-refractivity contribution in [2.75, 3.05) is 34.0 Å².